The van der Waals surface area contributed by atoms with Crippen molar-refractivity contribution in [2.24, 2.45) is 0 Å². The van der Waals surface area contributed by atoms with Crippen LogP contribution in [0.5, 0.6) is 0 Å². The van der Waals surface area contributed by atoms with Crippen molar-refractivity contribution >= 4 is 5.91 Å². The van der Waals surface area contributed by atoms with Crippen LogP contribution in [-0.2, 0) is 6.54 Å². The standard InChI is InChI=1S/C16H20FN5O/c1-11-14(6-3-7-18-11)19-16(23)15-10-22(21-20-15)9-12-4-2-5-13(17)8-12/h2,4-5,8,10-11,14,18H,3,6-7,9H2,1H3,(H,19,23). The van der Waals surface area contributed by atoms with E-state index in [1.165, 1.54) is 16.8 Å². The number of benzene rings is 1. The van der Waals surface area contributed by atoms with E-state index in [9.17, 15) is 9.18 Å². The van der Waals surface area contributed by atoms with E-state index in [0.29, 0.717) is 6.54 Å². The molecule has 23 heavy (non-hydrogen) atoms. The van der Waals surface area contributed by atoms with Crippen molar-refractivity contribution in [2.75, 3.05) is 6.54 Å². The van der Waals surface area contributed by atoms with Gasteiger partial charge in [0, 0.05) is 12.1 Å². The summed E-state index contributed by atoms with van der Waals surface area (Å²) in [6.07, 6.45) is 3.58. The van der Waals surface area contributed by atoms with Crippen LogP contribution in [0.1, 0.15) is 35.8 Å². The van der Waals surface area contributed by atoms with E-state index in [0.717, 1.165) is 24.9 Å². The van der Waals surface area contributed by atoms with Crippen LogP contribution >= 0.6 is 0 Å². The monoisotopic (exact) mass is 317 g/mol. The van der Waals surface area contributed by atoms with E-state index in [1.54, 1.807) is 18.3 Å². The quantitative estimate of drug-likeness (QED) is 0.892. The predicted molar refractivity (Wildman–Crippen MR) is 83.5 cm³/mol. The molecule has 2 N–H and O–H groups in total. The fourth-order valence-electron chi connectivity index (χ4n) is 2.79. The van der Waals surface area contributed by atoms with Crippen molar-refractivity contribution in [1.82, 2.24) is 25.6 Å². The molecule has 0 saturated carbocycles. The van der Waals surface area contributed by atoms with Gasteiger partial charge in [0.1, 0.15) is 5.82 Å². The Balaban J connectivity index is 1.63. The number of amides is 1. The van der Waals surface area contributed by atoms with Crippen LogP contribution in [0, 0.1) is 5.82 Å². The van der Waals surface area contributed by atoms with Gasteiger partial charge in [-0.2, -0.15) is 0 Å². The van der Waals surface area contributed by atoms with E-state index in [1.807, 2.05) is 0 Å². The molecule has 2 aromatic rings. The first-order chi connectivity index (χ1) is 11.1. The van der Waals surface area contributed by atoms with Gasteiger partial charge < -0.3 is 10.6 Å². The van der Waals surface area contributed by atoms with Crippen LogP contribution in [0.3, 0.4) is 0 Å². The Hall–Kier alpha value is -2.28. The van der Waals surface area contributed by atoms with Crippen LogP contribution in [0.15, 0.2) is 30.5 Å². The Labute approximate surface area is 134 Å². The maximum atomic E-state index is 13.2. The molecular formula is C16H20FN5O. The summed E-state index contributed by atoms with van der Waals surface area (Å²) < 4.78 is 14.7. The lowest BCUT2D eigenvalue weighted by atomic mass is 10.00. The Morgan fingerprint density at radius 3 is 3.17 bits per heavy atom. The summed E-state index contributed by atoms with van der Waals surface area (Å²) in [6, 6.07) is 6.63. The number of nitrogens with one attached hydrogen (secondary N) is 2. The molecule has 7 heteroatoms. The van der Waals surface area contributed by atoms with Crippen LogP contribution < -0.4 is 10.6 Å². The van der Waals surface area contributed by atoms with Gasteiger partial charge in [-0.25, -0.2) is 9.07 Å². The summed E-state index contributed by atoms with van der Waals surface area (Å²) in [6.45, 7) is 3.42. The molecule has 3 rings (SSSR count). The minimum Gasteiger partial charge on any atom is -0.346 e. The van der Waals surface area contributed by atoms with Gasteiger partial charge in [-0.15, -0.1) is 5.10 Å². The highest BCUT2D eigenvalue weighted by atomic mass is 19.1. The molecular weight excluding hydrogens is 297 g/mol. The Bertz CT molecular complexity index is 687. The second-order valence-electron chi connectivity index (χ2n) is 5.90. The summed E-state index contributed by atoms with van der Waals surface area (Å²) in [7, 11) is 0. The zero-order chi connectivity index (χ0) is 16.2. The minimum absolute atomic E-state index is 0.101. The fourth-order valence-corrected chi connectivity index (χ4v) is 2.79. The lowest BCUT2D eigenvalue weighted by Crippen LogP contribution is -2.51. The minimum atomic E-state index is -0.292. The number of carbonyl (C=O) groups excluding carboxylic acids is 1. The van der Waals surface area contributed by atoms with Crippen molar-refractivity contribution in [3.63, 3.8) is 0 Å². The van der Waals surface area contributed by atoms with E-state index in [2.05, 4.69) is 27.9 Å². The average Bonchev–Trinajstić information content (AvgIpc) is 2.98. The van der Waals surface area contributed by atoms with Gasteiger partial charge in [0.15, 0.2) is 5.69 Å². The lowest BCUT2D eigenvalue weighted by Gasteiger charge is -2.30. The van der Waals surface area contributed by atoms with Crippen LogP contribution in [0.25, 0.3) is 0 Å². The average molecular weight is 317 g/mol. The van der Waals surface area contributed by atoms with Crippen LogP contribution in [0.4, 0.5) is 4.39 Å². The molecule has 0 bridgehead atoms. The third-order valence-electron chi connectivity index (χ3n) is 4.08. The van der Waals surface area contributed by atoms with Crippen molar-refractivity contribution in [3.8, 4) is 0 Å². The molecule has 1 aromatic heterocycles. The maximum Gasteiger partial charge on any atom is 0.273 e. The summed E-state index contributed by atoms with van der Waals surface area (Å²) in [5, 5.41) is 14.2. The first kappa shape index (κ1) is 15.6. The maximum absolute atomic E-state index is 13.2. The topological polar surface area (TPSA) is 71.8 Å². The van der Waals surface area contributed by atoms with Crippen LogP contribution in [0.2, 0.25) is 0 Å². The molecule has 1 amide bonds. The summed E-state index contributed by atoms with van der Waals surface area (Å²) >= 11 is 0. The molecule has 2 atom stereocenters. The van der Waals surface area contributed by atoms with Gasteiger partial charge in [0.05, 0.1) is 12.7 Å². The first-order valence-electron chi connectivity index (χ1n) is 7.80. The molecule has 1 aliphatic heterocycles. The fraction of sp³-hybridized carbons (Fsp3) is 0.438. The molecule has 2 heterocycles. The number of aromatic nitrogens is 3. The third kappa shape index (κ3) is 3.92. The van der Waals surface area contributed by atoms with E-state index < -0.39 is 0 Å². The lowest BCUT2D eigenvalue weighted by molar-refractivity contribution is 0.0914. The van der Waals surface area contributed by atoms with E-state index in [-0.39, 0.29) is 29.5 Å². The Kier molecular flexibility index (Phi) is 4.66. The van der Waals surface area contributed by atoms with E-state index >= 15 is 0 Å². The van der Waals surface area contributed by atoms with Crippen molar-refractivity contribution < 1.29 is 9.18 Å². The highest BCUT2D eigenvalue weighted by Crippen LogP contribution is 2.09. The van der Waals surface area contributed by atoms with Gasteiger partial charge >= 0.3 is 0 Å². The molecule has 122 valence electrons. The highest BCUT2D eigenvalue weighted by Gasteiger charge is 2.23. The Morgan fingerprint density at radius 2 is 2.39 bits per heavy atom. The van der Waals surface area contributed by atoms with Gasteiger partial charge in [-0.3, -0.25) is 4.79 Å². The number of halogens is 1. The van der Waals surface area contributed by atoms with Gasteiger partial charge in [0.25, 0.3) is 5.91 Å². The van der Waals surface area contributed by atoms with Crippen molar-refractivity contribution in [1.29, 1.82) is 0 Å². The van der Waals surface area contributed by atoms with E-state index in [4.69, 9.17) is 0 Å². The summed E-state index contributed by atoms with van der Waals surface area (Å²) in [5.74, 6) is -0.518. The third-order valence-corrected chi connectivity index (χ3v) is 4.08. The largest absolute Gasteiger partial charge is 0.346 e. The molecule has 1 fully saturated rings. The SMILES string of the molecule is CC1NCCCC1NC(=O)c1cn(Cc2cccc(F)c2)nn1. The molecule has 1 aliphatic rings. The molecule has 2 unspecified atom stereocenters. The number of hydrogen-bond donors (Lipinski definition) is 2. The Morgan fingerprint density at radius 1 is 1.52 bits per heavy atom. The molecule has 6 nitrogen and oxygen atoms in total. The summed E-state index contributed by atoms with van der Waals surface area (Å²) in [5.41, 5.74) is 1.05. The number of hydrogen-bond acceptors (Lipinski definition) is 4. The number of piperidine rings is 1. The normalized spacial score (nSPS) is 21.1. The molecule has 0 aliphatic carbocycles. The molecule has 0 spiro atoms. The number of nitrogens with zero attached hydrogens (tertiary/aromatic N) is 3. The number of rotatable bonds is 4. The van der Waals surface area contributed by atoms with Gasteiger partial charge in [0.2, 0.25) is 0 Å². The molecule has 1 saturated heterocycles. The van der Waals surface area contributed by atoms with Gasteiger partial charge in [-0.1, -0.05) is 17.3 Å². The van der Waals surface area contributed by atoms with Gasteiger partial charge in [-0.05, 0) is 44.0 Å². The van der Waals surface area contributed by atoms with Crippen LogP contribution in [-0.4, -0.2) is 39.5 Å². The zero-order valence-electron chi connectivity index (χ0n) is 13.0. The highest BCUT2D eigenvalue weighted by molar-refractivity contribution is 5.92. The zero-order valence-corrected chi connectivity index (χ0v) is 13.0. The number of carbonyl (C=O) groups is 1. The molecule has 1 aromatic carbocycles. The summed E-state index contributed by atoms with van der Waals surface area (Å²) in [4.78, 5) is 12.3. The second kappa shape index (κ2) is 6.87. The second-order valence-corrected chi connectivity index (χ2v) is 5.90. The van der Waals surface area contributed by atoms with Crippen molar-refractivity contribution in [3.05, 3.63) is 47.5 Å². The predicted octanol–water partition coefficient (Wildman–Crippen LogP) is 1.34. The smallest absolute Gasteiger partial charge is 0.273 e. The van der Waals surface area contributed by atoms with Crippen molar-refractivity contribution in [2.45, 2.75) is 38.4 Å². The molecule has 0 radical (unpaired) electrons. The first-order valence-corrected chi connectivity index (χ1v) is 7.80.